The second-order valence-corrected chi connectivity index (χ2v) is 6.39. The molecule has 0 fully saturated rings. The van der Waals surface area contributed by atoms with Crippen LogP contribution in [-0.4, -0.2) is 18.2 Å². The Hall–Kier alpha value is -1.77. The second-order valence-electron chi connectivity index (χ2n) is 4.66. The number of benzene rings is 1. The van der Waals surface area contributed by atoms with Gasteiger partial charge in [-0.15, -0.1) is 0 Å². The average molecular weight is 312 g/mol. The summed E-state index contributed by atoms with van der Waals surface area (Å²) in [5, 5.41) is 4.13. The monoisotopic (exact) mass is 312 g/mol. The lowest BCUT2D eigenvalue weighted by atomic mass is 10.2. The Labute approximate surface area is 122 Å². The third kappa shape index (κ3) is 3.29. The van der Waals surface area contributed by atoms with Crippen molar-refractivity contribution in [2.45, 2.75) is 24.9 Å². The van der Waals surface area contributed by atoms with Gasteiger partial charge in [-0.25, -0.2) is 17.5 Å². The summed E-state index contributed by atoms with van der Waals surface area (Å²) in [4.78, 5) is -0.133. The van der Waals surface area contributed by atoms with Crippen molar-refractivity contribution < 1.29 is 12.8 Å². The van der Waals surface area contributed by atoms with E-state index in [9.17, 15) is 12.8 Å². The molecule has 2 aromatic rings. The predicted molar refractivity (Wildman–Crippen MR) is 76.3 cm³/mol. The standard InChI is InChI=1S/C13H17FN4O2S/c1-9-10(8-18(2)17-9)7-16-21(19,20)13-5-3-4-12(14)11(13)6-15/h3-5,8,16H,6-7,15H2,1-2H3. The molecule has 0 aliphatic heterocycles. The van der Waals surface area contributed by atoms with Crippen molar-refractivity contribution in [3.8, 4) is 0 Å². The van der Waals surface area contributed by atoms with E-state index in [1.54, 1.807) is 24.9 Å². The van der Waals surface area contributed by atoms with E-state index in [1.165, 1.54) is 18.2 Å². The molecule has 0 radical (unpaired) electrons. The van der Waals surface area contributed by atoms with Gasteiger partial charge >= 0.3 is 0 Å². The average Bonchev–Trinajstić information content (AvgIpc) is 2.74. The molecule has 21 heavy (non-hydrogen) atoms. The number of nitrogens with zero attached hydrogens (tertiary/aromatic N) is 2. The topological polar surface area (TPSA) is 90.0 Å². The molecule has 0 saturated heterocycles. The van der Waals surface area contributed by atoms with Crippen LogP contribution in [0.5, 0.6) is 0 Å². The van der Waals surface area contributed by atoms with Gasteiger partial charge < -0.3 is 5.73 Å². The van der Waals surface area contributed by atoms with Gasteiger partial charge in [-0.1, -0.05) is 6.07 Å². The molecule has 0 amide bonds. The second kappa shape index (κ2) is 5.92. The molecule has 0 atom stereocenters. The maximum absolute atomic E-state index is 13.6. The molecular formula is C13H17FN4O2S. The van der Waals surface area contributed by atoms with Crippen molar-refractivity contribution >= 4 is 10.0 Å². The molecule has 0 aliphatic rings. The van der Waals surface area contributed by atoms with Gasteiger partial charge in [0, 0.05) is 37.5 Å². The summed E-state index contributed by atoms with van der Waals surface area (Å²) in [5.74, 6) is -0.627. The fourth-order valence-electron chi connectivity index (χ4n) is 2.06. The van der Waals surface area contributed by atoms with Crippen LogP contribution >= 0.6 is 0 Å². The van der Waals surface area contributed by atoms with Gasteiger partial charge in [0.1, 0.15) is 5.82 Å². The molecule has 1 aromatic carbocycles. The van der Waals surface area contributed by atoms with Gasteiger partial charge in [-0.05, 0) is 19.1 Å². The highest BCUT2D eigenvalue weighted by Crippen LogP contribution is 2.18. The number of aryl methyl sites for hydroxylation is 2. The van der Waals surface area contributed by atoms with Crippen molar-refractivity contribution in [1.82, 2.24) is 14.5 Å². The Morgan fingerprint density at radius 3 is 2.71 bits per heavy atom. The third-order valence-corrected chi connectivity index (χ3v) is 4.62. The van der Waals surface area contributed by atoms with Crippen molar-refractivity contribution in [3.05, 3.63) is 47.0 Å². The number of aromatic nitrogens is 2. The Bertz CT molecular complexity index is 756. The molecule has 0 unspecified atom stereocenters. The van der Waals surface area contributed by atoms with Crippen LogP contribution in [0, 0.1) is 12.7 Å². The highest BCUT2D eigenvalue weighted by atomic mass is 32.2. The van der Waals surface area contributed by atoms with Crippen LogP contribution in [0.3, 0.4) is 0 Å². The Morgan fingerprint density at radius 1 is 1.43 bits per heavy atom. The summed E-state index contributed by atoms with van der Waals surface area (Å²) in [5.41, 5.74) is 6.91. The SMILES string of the molecule is Cc1nn(C)cc1CNS(=O)(=O)c1cccc(F)c1CN. The molecule has 0 aliphatic carbocycles. The first kappa shape index (κ1) is 15.6. The summed E-state index contributed by atoms with van der Waals surface area (Å²) in [7, 11) is -2.08. The largest absolute Gasteiger partial charge is 0.326 e. The number of rotatable bonds is 5. The van der Waals surface area contributed by atoms with E-state index in [1.807, 2.05) is 0 Å². The minimum atomic E-state index is -3.84. The van der Waals surface area contributed by atoms with Crippen molar-refractivity contribution in [1.29, 1.82) is 0 Å². The maximum Gasteiger partial charge on any atom is 0.241 e. The zero-order valence-corrected chi connectivity index (χ0v) is 12.6. The first-order chi connectivity index (χ1) is 9.85. The minimum Gasteiger partial charge on any atom is -0.326 e. The third-order valence-electron chi connectivity index (χ3n) is 3.14. The molecule has 0 spiro atoms. The predicted octanol–water partition coefficient (Wildman–Crippen LogP) is 0.805. The smallest absolute Gasteiger partial charge is 0.241 e. The van der Waals surface area contributed by atoms with Crippen molar-refractivity contribution in [3.63, 3.8) is 0 Å². The van der Waals surface area contributed by atoms with E-state index < -0.39 is 15.8 Å². The van der Waals surface area contributed by atoms with Crippen LogP contribution < -0.4 is 10.5 Å². The van der Waals surface area contributed by atoms with Gasteiger partial charge in [-0.2, -0.15) is 5.10 Å². The van der Waals surface area contributed by atoms with E-state index in [-0.39, 0.29) is 23.5 Å². The lowest BCUT2D eigenvalue weighted by Gasteiger charge is -2.10. The minimum absolute atomic E-state index is 0.0205. The molecule has 114 valence electrons. The molecule has 8 heteroatoms. The normalized spacial score (nSPS) is 11.8. The van der Waals surface area contributed by atoms with Crippen LogP contribution in [0.1, 0.15) is 16.8 Å². The van der Waals surface area contributed by atoms with Crippen molar-refractivity contribution in [2.24, 2.45) is 12.8 Å². The Morgan fingerprint density at radius 2 is 2.14 bits per heavy atom. The highest BCUT2D eigenvalue weighted by Gasteiger charge is 2.20. The molecule has 1 aromatic heterocycles. The van der Waals surface area contributed by atoms with E-state index >= 15 is 0 Å². The van der Waals surface area contributed by atoms with Gasteiger partial charge in [0.25, 0.3) is 0 Å². The van der Waals surface area contributed by atoms with Gasteiger partial charge in [0.15, 0.2) is 0 Å². The maximum atomic E-state index is 13.6. The molecule has 2 rings (SSSR count). The molecule has 1 heterocycles. The number of hydrogen-bond donors (Lipinski definition) is 2. The summed E-state index contributed by atoms with van der Waals surface area (Å²) in [6.07, 6.45) is 1.73. The fraction of sp³-hybridized carbons (Fsp3) is 0.308. The molecular weight excluding hydrogens is 295 g/mol. The van der Waals surface area contributed by atoms with Crippen LogP contribution in [0.4, 0.5) is 4.39 Å². The number of nitrogens with two attached hydrogens (primary N) is 1. The molecule has 6 nitrogen and oxygen atoms in total. The van der Waals surface area contributed by atoms with Gasteiger partial charge in [0.05, 0.1) is 10.6 Å². The van der Waals surface area contributed by atoms with E-state index in [0.717, 1.165) is 11.3 Å². The first-order valence-electron chi connectivity index (χ1n) is 6.31. The summed E-state index contributed by atoms with van der Waals surface area (Å²) in [6.45, 7) is 1.69. The number of halogens is 1. The number of nitrogens with one attached hydrogen (secondary N) is 1. The van der Waals surface area contributed by atoms with Crippen LogP contribution in [-0.2, 0) is 30.2 Å². The summed E-state index contributed by atoms with van der Waals surface area (Å²) in [6, 6.07) is 3.87. The summed E-state index contributed by atoms with van der Waals surface area (Å²) < 4.78 is 42.3. The van der Waals surface area contributed by atoms with Gasteiger partial charge in [0.2, 0.25) is 10.0 Å². The Kier molecular flexibility index (Phi) is 4.40. The van der Waals surface area contributed by atoms with Crippen molar-refractivity contribution in [2.75, 3.05) is 0 Å². The zero-order valence-electron chi connectivity index (χ0n) is 11.8. The highest BCUT2D eigenvalue weighted by molar-refractivity contribution is 7.89. The number of hydrogen-bond acceptors (Lipinski definition) is 4. The molecule has 3 N–H and O–H groups in total. The van der Waals surface area contributed by atoms with E-state index in [4.69, 9.17) is 5.73 Å². The lowest BCUT2D eigenvalue weighted by molar-refractivity contribution is 0.571. The van der Waals surface area contributed by atoms with Crippen LogP contribution in [0.2, 0.25) is 0 Å². The van der Waals surface area contributed by atoms with Crippen LogP contribution in [0.25, 0.3) is 0 Å². The van der Waals surface area contributed by atoms with Gasteiger partial charge in [-0.3, -0.25) is 4.68 Å². The fourth-order valence-corrected chi connectivity index (χ4v) is 3.33. The quantitative estimate of drug-likeness (QED) is 0.854. The first-order valence-corrected chi connectivity index (χ1v) is 7.79. The summed E-state index contributed by atoms with van der Waals surface area (Å²) >= 11 is 0. The lowest BCUT2D eigenvalue weighted by Crippen LogP contribution is -2.25. The zero-order chi connectivity index (χ0) is 15.6. The van der Waals surface area contributed by atoms with Crippen LogP contribution in [0.15, 0.2) is 29.3 Å². The van der Waals surface area contributed by atoms with E-state index in [2.05, 4.69) is 9.82 Å². The Balaban J connectivity index is 2.27. The van der Waals surface area contributed by atoms with E-state index in [0.29, 0.717) is 0 Å². The number of sulfonamides is 1. The molecule has 0 bridgehead atoms. The molecule has 0 saturated carbocycles.